The number of rotatable bonds is 7. The third-order valence-corrected chi connectivity index (χ3v) is 5.20. The summed E-state index contributed by atoms with van der Waals surface area (Å²) in [7, 11) is 0. The van der Waals surface area contributed by atoms with Crippen molar-refractivity contribution in [1.29, 1.82) is 0 Å². The fourth-order valence-corrected chi connectivity index (χ4v) is 4.27. The lowest BCUT2D eigenvalue weighted by atomic mass is 9.91. The van der Waals surface area contributed by atoms with Crippen molar-refractivity contribution in [3.8, 4) is 0 Å². The summed E-state index contributed by atoms with van der Waals surface area (Å²) in [4.78, 5) is 2.71. The Morgan fingerprint density at radius 1 is 1.27 bits per heavy atom. The maximum Gasteiger partial charge on any atom is 0.0690 e. The SMILES string of the molecule is CCCCC(CCC)CC1CSC2CN12. The molecule has 0 aromatic heterocycles. The Morgan fingerprint density at radius 3 is 2.67 bits per heavy atom. The van der Waals surface area contributed by atoms with E-state index in [4.69, 9.17) is 0 Å². The summed E-state index contributed by atoms with van der Waals surface area (Å²) < 4.78 is 0. The number of fused-ring (bicyclic) bond motifs is 1. The summed E-state index contributed by atoms with van der Waals surface area (Å²) >= 11 is 2.19. The zero-order chi connectivity index (χ0) is 10.7. The molecule has 2 fully saturated rings. The molecule has 4 unspecified atom stereocenters. The molecule has 88 valence electrons. The smallest absolute Gasteiger partial charge is 0.0690 e. The monoisotopic (exact) mass is 227 g/mol. The van der Waals surface area contributed by atoms with Gasteiger partial charge in [0.15, 0.2) is 0 Å². The van der Waals surface area contributed by atoms with Gasteiger partial charge in [-0.2, -0.15) is 0 Å². The molecule has 0 bridgehead atoms. The van der Waals surface area contributed by atoms with E-state index in [1.165, 1.54) is 50.8 Å². The predicted molar refractivity (Wildman–Crippen MR) is 69.3 cm³/mol. The summed E-state index contributed by atoms with van der Waals surface area (Å²) in [5.74, 6) is 2.43. The van der Waals surface area contributed by atoms with E-state index in [0.717, 1.165) is 17.3 Å². The van der Waals surface area contributed by atoms with Crippen molar-refractivity contribution < 1.29 is 0 Å². The summed E-state index contributed by atoms with van der Waals surface area (Å²) in [6.45, 7) is 6.04. The number of unbranched alkanes of at least 4 members (excludes halogenated alkanes) is 1. The van der Waals surface area contributed by atoms with Gasteiger partial charge in [0, 0.05) is 18.3 Å². The summed E-state index contributed by atoms with van der Waals surface area (Å²) in [6, 6.07) is 0.938. The quantitative estimate of drug-likeness (QED) is 0.609. The highest BCUT2D eigenvalue weighted by atomic mass is 32.2. The molecule has 2 saturated heterocycles. The van der Waals surface area contributed by atoms with Crippen molar-refractivity contribution in [2.24, 2.45) is 5.92 Å². The van der Waals surface area contributed by atoms with Gasteiger partial charge >= 0.3 is 0 Å². The summed E-state index contributed by atoms with van der Waals surface area (Å²) in [6.07, 6.45) is 8.60. The van der Waals surface area contributed by atoms with Crippen LogP contribution in [-0.2, 0) is 0 Å². The van der Waals surface area contributed by atoms with Crippen LogP contribution >= 0.6 is 11.8 Å². The Labute approximate surface area is 99.0 Å². The maximum atomic E-state index is 2.71. The van der Waals surface area contributed by atoms with Gasteiger partial charge in [0.2, 0.25) is 0 Å². The molecule has 2 aliphatic heterocycles. The van der Waals surface area contributed by atoms with E-state index < -0.39 is 0 Å². The van der Waals surface area contributed by atoms with E-state index >= 15 is 0 Å². The van der Waals surface area contributed by atoms with Crippen LogP contribution in [0.5, 0.6) is 0 Å². The second-order valence-electron chi connectivity index (χ2n) is 5.17. The molecule has 0 aromatic carbocycles. The molecule has 2 heteroatoms. The largest absolute Gasteiger partial charge is 0.284 e. The molecular weight excluding hydrogens is 202 g/mol. The van der Waals surface area contributed by atoms with E-state index in [1.807, 2.05) is 0 Å². The Morgan fingerprint density at radius 2 is 2.13 bits per heavy atom. The molecule has 2 aliphatic rings. The van der Waals surface area contributed by atoms with Gasteiger partial charge < -0.3 is 0 Å². The molecular formula is C13H25NS. The van der Waals surface area contributed by atoms with Gasteiger partial charge in [-0.05, 0) is 12.3 Å². The van der Waals surface area contributed by atoms with Crippen LogP contribution in [0.1, 0.15) is 52.4 Å². The first kappa shape index (κ1) is 11.8. The number of hydrogen-bond donors (Lipinski definition) is 0. The van der Waals surface area contributed by atoms with Crippen LogP contribution in [0.4, 0.5) is 0 Å². The second-order valence-corrected chi connectivity index (χ2v) is 6.38. The molecule has 0 spiro atoms. The van der Waals surface area contributed by atoms with Crippen LogP contribution in [0, 0.1) is 5.92 Å². The topological polar surface area (TPSA) is 3.01 Å². The lowest BCUT2D eigenvalue weighted by Gasteiger charge is -2.21. The van der Waals surface area contributed by atoms with E-state index in [0.29, 0.717) is 0 Å². The lowest BCUT2D eigenvalue weighted by molar-refractivity contribution is 0.310. The molecule has 15 heavy (non-hydrogen) atoms. The van der Waals surface area contributed by atoms with Gasteiger partial charge in [0.05, 0.1) is 5.37 Å². The molecule has 0 amide bonds. The molecule has 2 heterocycles. The van der Waals surface area contributed by atoms with E-state index in [1.54, 1.807) is 0 Å². The molecule has 4 atom stereocenters. The maximum absolute atomic E-state index is 2.71. The summed E-state index contributed by atoms with van der Waals surface area (Å²) in [5.41, 5.74) is 0. The van der Waals surface area contributed by atoms with Gasteiger partial charge in [-0.3, -0.25) is 4.90 Å². The number of thioether (sulfide) groups is 1. The molecule has 0 N–H and O–H groups in total. The Kier molecular flexibility index (Phi) is 4.39. The fourth-order valence-electron chi connectivity index (χ4n) is 2.85. The van der Waals surface area contributed by atoms with Gasteiger partial charge in [0.1, 0.15) is 0 Å². The van der Waals surface area contributed by atoms with Crippen LogP contribution < -0.4 is 0 Å². The highest BCUT2D eigenvalue weighted by Gasteiger charge is 2.46. The standard InChI is InChI=1S/C13H25NS/c1-3-5-7-11(6-4-2)8-12-10-15-13-9-14(12)13/h11-13H,3-10H2,1-2H3. The minimum absolute atomic E-state index is 0.934. The molecule has 1 nitrogen and oxygen atoms in total. The van der Waals surface area contributed by atoms with Crippen molar-refractivity contribution in [3.05, 3.63) is 0 Å². The third-order valence-electron chi connectivity index (χ3n) is 3.82. The van der Waals surface area contributed by atoms with Crippen molar-refractivity contribution in [2.75, 3.05) is 12.3 Å². The highest BCUT2D eigenvalue weighted by Crippen LogP contribution is 2.43. The van der Waals surface area contributed by atoms with Crippen LogP contribution in [0.25, 0.3) is 0 Å². The minimum Gasteiger partial charge on any atom is -0.284 e. The molecule has 0 aromatic rings. The average molecular weight is 227 g/mol. The zero-order valence-corrected chi connectivity index (χ0v) is 11.1. The van der Waals surface area contributed by atoms with Crippen molar-refractivity contribution >= 4 is 11.8 Å². The van der Waals surface area contributed by atoms with Gasteiger partial charge in [-0.15, -0.1) is 11.8 Å². The third kappa shape index (κ3) is 3.13. The first-order chi connectivity index (χ1) is 7.35. The predicted octanol–water partition coefficient (Wildman–Crippen LogP) is 3.74. The van der Waals surface area contributed by atoms with E-state index in [2.05, 4.69) is 30.5 Å². The number of nitrogens with zero attached hydrogens (tertiary/aromatic N) is 1. The zero-order valence-electron chi connectivity index (χ0n) is 10.2. The fraction of sp³-hybridized carbons (Fsp3) is 1.00. The highest BCUT2D eigenvalue weighted by molar-refractivity contribution is 8.00. The number of hydrogen-bond acceptors (Lipinski definition) is 2. The molecule has 0 aliphatic carbocycles. The first-order valence-corrected chi connectivity index (χ1v) is 7.77. The Bertz CT molecular complexity index is 195. The van der Waals surface area contributed by atoms with Gasteiger partial charge in [-0.25, -0.2) is 0 Å². The van der Waals surface area contributed by atoms with E-state index in [9.17, 15) is 0 Å². The first-order valence-electron chi connectivity index (χ1n) is 6.72. The lowest BCUT2D eigenvalue weighted by Crippen LogP contribution is -2.22. The molecule has 2 rings (SSSR count). The van der Waals surface area contributed by atoms with Crippen molar-refractivity contribution in [1.82, 2.24) is 4.90 Å². The molecule has 0 saturated carbocycles. The van der Waals surface area contributed by atoms with Crippen LogP contribution in [0.2, 0.25) is 0 Å². The normalized spacial score (nSPS) is 35.2. The van der Waals surface area contributed by atoms with Gasteiger partial charge in [0.25, 0.3) is 0 Å². The Balaban J connectivity index is 1.72. The molecule has 0 radical (unpaired) electrons. The summed E-state index contributed by atoms with van der Waals surface area (Å²) in [5, 5.41) is 0.934. The average Bonchev–Trinajstić information content (AvgIpc) is 2.92. The minimum atomic E-state index is 0.934. The second kappa shape index (κ2) is 5.58. The van der Waals surface area contributed by atoms with Crippen LogP contribution in [0.3, 0.4) is 0 Å². The Hall–Kier alpha value is 0.310. The van der Waals surface area contributed by atoms with Crippen molar-refractivity contribution in [2.45, 2.75) is 63.8 Å². The van der Waals surface area contributed by atoms with E-state index in [-0.39, 0.29) is 0 Å². The van der Waals surface area contributed by atoms with Gasteiger partial charge in [-0.1, -0.05) is 46.0 Å². The van der Waals surface area contributed by atoms with Crippen molar-refractivity contribution in [3.63, 3.8) is 0 Å². The van der Waals surface area contributed by atoms with Crippen LogP contribution in [0.15, 0.2) is 0 Å². The van der Waals surface area contributed by atoms with Crippen LogP contribution in [-0.4, -0.2) is 28.6 Å².